The standard InChI is InChI=1S/Cl2O2.W/c1-3-4-2;. The van der Waals surface area contributed by atoms with Crippen LogP contribution < -0.4 is 0 Å². The van der Waals surface area contributed by atoms with E-state index in [1.807, 2.05) is 0 Å². The fourth-order valence-corrected chi connectivity index (χ4v) is 0. The van der Waals surface area contributed by atoms with Gasteiger partial charge >= 0.3 is 0 Å². The minimum Gasteiger partial charge on any atom is -0.102 e. The minimum absolute atomic E-state index is 0. The molecule has 0 aromatic rings. The zero-order valence-corrected chi connectivity index (χ0v) is 6.43. The molecule has 32 valence electrons. The Hall–Kier alpha value is 1.19. The number of rotatable bonds is 1. The maximum Gasteiger partial charge on any atom is 0.102 e. The summed E-state index contributed by atoms with van der Waals surface area (Å²) in [6.07, 6.45) is 0. The summed E-state index contributed by atoms with van der Waals surface area (Å²) in [5.41, 5.74) is 0. The largest absolute Gasteiger partial charge is 0.102 e. The quantitative estimate of drug-likeness (QED) is 0.533. The molecule has 2 nitrogen and oxygen atoms in total. The molecule has 0 radical (unpaired) electrons. The summed E-state index contributed by atoms with van der Waals surface area (Å²) in [6.45, 7) is 0. The van der Waals surface area contributed by atoms with Gasteiger partial charge in [-0.1, -0.05) is 0 Å². The molecule has 0 aliphatic carbocycles. The second-order valence-corrected chi connectivity index (χ2v) is 0.378. The summed E-state index contributed by atoms with van der Waals surface area (Å²) in [5, 5.41) is 0. The smallest absolute Gasteiger partial charge is 0.102 e. The van der Waals surface area contributed by atoms with Crippen LogP contribution >= 0.6 is 23.7 Å². The molecule has 0 aliphatic heterocycles. The maximum absolute atomic E-state index is 4.33. The molecule has 0 bridgehead atoms. The number of hydrogen-bond donors (Lipinski definition) is 0. The van der Waals surface area contributed by atoms with Crippen LogP contribution in [0.3, 0.4) is 0 Å². The summed E-state index contributed by atoms with van der Waals surface area (Å²) in [4.78, 5) is 0. The third kappa shape index (κ3) is 11.0. The van der Waals surface area contributed by atoms with Gasteiger partial charge in [0.25, 0.3) is 0 Å². The van der Waals surface area contributed by atoms with Crippen molar-refractivity contribution in [2.24, 2.45) is 0 Å². The van der Waals surface area contributed by atoms with Gasteiger partial charge in [-0.25, -0.2) is 0 Å². The van der Waals surface area contributed by atoms with Crippen LogP contribution in [0.5, 0.6) is 0 Å². The summed E-state index contributed by atoms with van der Waals surface area (Å²) < 4.78 is 6.56. The predicted octanol–water partition coefficient (Wildman–Crippen LogP) is 1.24. The van der Waals surface area contributed by atoms with Crippen molar-refractivity contribution in [3.05, 3.63) is 0 Å². The second-order valence-electron chi connectivity index (χ2n) is 0.126. The van der Waals surface area contributed by atoms with Crippen molar-refractivity contribution >= 4 is 23.7 Å². The Morgan fingerprint density at radius 2 is 1.20 bits per heavy atom. The number of halogens is 2. The van der Waals surface area contributed by atoms with Crippen LogP contribution in [0.1, 0.15) is 0 Å². The van der Waals surface area contributed by atoms with E-state index in [0.29, 0.717) is 0 Å². The molecule has 0 rings (SSSR count). The van der Waals surface area contributed by atoms with Crippen molar-refractivity contribution in [1.29, 1.82) is 0 Å². The van der Waals surface area contributed by atoms with Crippen molar-refractivity contribution in [2.45, 2.75) is 0 Å². The Morgan fingerprint density at radius 1 is 1.00 bits per heavy atom. The van der Waals surface area contributed by atoms with Crippen molar-refractivity contribution in [3.63, 3.8) is 0 Å². The van der Waals surface area contributed by atoms with Gasteiger partial charge in [0.05, 0.1) is 0 Å². The predicted molar refractivity (Wildman–Crippen MR) is 13.9 cm³/mol. The molecule has 0 aromatic carbocycles. The fraction of sp³-hybridized carbons (Fsp3) is 0. The Kier molecular flexibility index (Phi) is 17.0. The van der Waals surface area contributed by atoms with Gasteiger partial charge in [-0.3, -0.25) is 0 Å². The van der Waals surface area contributed by atoms with Gasteiger partial charge < -0.3 is 0 Å². The van der Waals surface area contributed by atoms with Crippen LogP contribution in [0.15, 0.2) is 0 Å². The molecule has 0 spiro atoms. The van der Waals surface area contributed by atoms with Crippen LogP contribution in [0.4, 0.5) is 0 Å². The van der Waals surface area contributed by atoms with Gasteiger partial charge in [0.2, 0.25) is 0 Å². The molecular formula is Cl2O2W. The summed E-state index contributed by atoms with van der Waals surface area (Å²) in [5.74, 6) is 0. The molecule has 0 unspecified atom stereocenters. The van der Waals surface area contributed by atoms with Gasteiger partial charge in [-0.05, 0) is 0 Å². The van der Waals surface area contributed by atoms with Crippen LogP contribution in [0.25, 0.3) is 0 Å². The monoisotopic (exact) mass is 286 g/mol. The second kappa shape index (κ2) is 8.95. The van der Waals surface area contributed by atoms with E-state index < -0.39 is 0 Å². The van der Waals surface area contributed by atoms with E-state index in [1.165, 1.54) is 0 Å². The molecule has 0 heterocycles. The van der Waals surface area contributed by atoms with Crippen LogP contribution in [0.2, 0.25) is 0 Å². The Bertz CT molecular complexity index is 9.61. The van der Waals surface area contributed by atoms with E-state index >= 15 is 0 Å². The number of hydrogen-bond acceptors (Lipinski definition) is 2. The maximum atomic E-state index is 4.33. The van der Waals surface area contributed by atoms with Gasteiger partial charge in [0.15, 0.2) is 0 Å². The van der Waals surface area contributed by atoms with Crippen LogP contribution in [-0.2, 0) is 29.9 Å². The average Bonchev–Trinajstić information content (AvgIpc) is 1.37. The normalized spacial score (nSPS) is 6.00. The third-order valence-corrected chi connectivity index (χ3v) is 0.214. The van der Waals surface area contributed by atoms with Gasteiger partial charge in [-0.2, -0.15) is 0 Å². The van der Waals surface area contributed by atoms with E-state index in [-0.39, 0.29) is 21.1 Å². The third-order valence-electron chi connectivity index (χ3n) is 0.0238. The molecule has 0 saturated heterocycles. The van der Waals surface area contributed by atoms with E-state index in [9.17, 15) is 0 Å². The zero-order valence-electron chi connectivity index (χ0n) is 1.98. The first-order valence-corrected chi connectivity index (χ1v) is 1.09. The van der Waals surface area contributed by atoms with Crippen molar-refractivity contribution in [3.8, 4) is 0 Å². The average molecular weight is 287 g/mol. The molecule has 0 amide bonds. The molecule has 0 fully saturated rings. The first-order chi connectivity index (χ1) is 1.91. The molecular weight excluding hydrogens is 287 g/mol. The SMILES string of the molecule is ClOOCl.[W]. The summed E-state index contributed by atoms with van der Waals surface area (Å²) >= 11 is 8.66. The summed E-state index contributed by atoms with van der Waals surface area (Å²) in [6, 6.07) is 0. The van der Waals surface area contributed by atoms with Crippen LogP contribution in [0, 0.1) is 0 Å². The van der Waals surface area contributed by atoms with Crippen molar-refractivity contribution in [2.75, 3.05) is 0 Å². The van der Waals surface area contributed by atoms with Gasteiger partial charge in [0.1, 0.15) is 23.7 Å². The molecule has 5 heteroatoms. The van der Waals surface area contributed by atoms with Crippen molar-refractivity contribution in [1.82, 2.24) is 0 Å². The zero-order chi connectivity index (χ0) is 3.41. The minimum atomic E-state index is 0. The van der Waals surface area contributed by atoms with E-state index in [1.54, 1.807) is 0 Å². The van der Waals surface area contributed by atoms with E-state index in [2.05, 4.69) is 32.6 Å². The first kappa shape index (κ1) is 9.50. The molecule has 0 saturated carbocycles. The molecule has 0 aliphatic rings. The van der Waals surface area contributed by atoms with E-state index in [4.69, 9.17) is 0 Å². The summed E-state index contributed by atoms with van der Waals surface area (Å²) in [7, 11) is 0. The molecule has 0 N–H and O–H groups in total. The Morgan fingerprint density at radius 3 is 1.20 bits per heavy atom. The van der Waals surface area contributed by atoms with Gasteiger partial charge in [0, 0.05) is 21.1 Å². The van der Waals surface area contributed by atoms with Crippen LogP contribution in [-0.4, -0.2) is 0 Å². The topological polar surface area (TPSA) is 18.5 Å². The van der Waals surface area contributed by atoms with Gasteiger partial charge in [-0.15, -0.1) is 8.88 Å². The molecule has 0 aromatic heterocycles. The Labute approximate surface area is 53.9 Å². The fourth-order valence-electron chi connectivity index (χ4n) is 0. The Balaban J connectivity index is 0. The van der Waals surface area contributed by atoms with E-state index in [0.717, 1.165) is 0 Å². The van der Waals surface area contributed by atoms with Crippen molar-refractivity contribution < 1.29 is 29.9 Å². The first-order valence-electron chi connectivity index (χ1n) is 0.475. The molecule has 0 atom stereocenters. The molecule has 5 heavy (non-hydrogen) atoms.